The molecule has 1 saturated heterocycles. The highest BCUT2D eigenvalue weighted by Gasteiger charge is 2.35. The summed E-state index contributed by atoms with van der Waals surface area (Å²) in [7, 11) is 0. The van der Waals surface area contributed by atoms with E-state index in [1.807, 2.05) is 42.5 Å². The minimum absolute atomic E-state index is 0.0115. The molecule has 168 valence electrons. The number of halogens is 4. The van der Waals surface area contributed by atoms with Crippen molar-refractivity contribution in [3.8, 4) is 5.75 Å². The molecule has 1 heterocycles. The van der Waals surface area contributed by atoms with Crippen LogP contribution in [0.1, 0.15) is 16.7 Å². The molecule has 0 aromatic heterocycles. The number of benzene rings is 3. The van der Waals surface area contributed by atoms with Crippen LogP contribution < -0.4 is 4.74 Å². The van der Waals surface area contributed by atoms with Crippen molar-refractivity contribution < 1.29 is 18.7 Å². The Morgan fingerprint density at radius 3 is 2.39 bits per heavy atom. The zero-order valence-electron chi connectivity index (χ0n) is 16.9. The van der Waals surface area contributed by atoms with E-state index in [4.69, 9.17) is 16.3 Å². The number of nitrogens with zero attached hydrogens (tertiary/aromatic N) is 1. The van der Waals surface area contributed by atoms with Gasteiger partial charge in [-0.05, 0) is 104 Å². The summed E-state index contributed by atoms with van der Waals surface area (Å²) < 4.78 is 21.1. The predicted molar refractivity (Wildman–Crippen MR) is 146 cm³/mol. The van der Waals surface area contributed by atoms with Crippen LogP contribution in [-0.2, 0) is 17.9 Å². The van der Waals surface area contributed by atoms with Gasteiger partial charge in [0, 0.05) is 5.02 Å². The Bertz CT molecular complexity index is 1250. The molecule has 1 fully saturated rings. The first-order chi connectivity index (χ1) is 15.8. The number of hydrogen-bond donors (Lipinski definition) is 0. The molecular weight excluding hydrogens is 691 g/mol. The van der Waals surface area contributed by atoms with Crippen LogP contribution in [0.4, 0.5) is 9.18 Å². The standard InChI is InChI=1S/C24H15ClFI2NO3S/c25-18-11-17(26)7-6-16(18)12-29-23(30)21(33-24(29)31)10-15-8-19(27)22(20(28)9-15)32-13-14-4-2-1-3-5-14/h1-11H,12-13H2/b21-10-. The second-order valence-corrected chi connectivity index (χ2v) is 10.8. The fraction of sp³-hybridized carbons (Fsp3) is 0.0833. The maximum absolute atomic E-state index is 13.3. The maximum atomic E-state index is 13.3. The fourth-order valence-corrected chi connectivity index (χ4v) is 6.33. The van der Waals surface area contributed by atoms with Gasteiger partial charge in [0.25, 0.3) is 11.1 Å². The maximum Gasteiger partial charge on any atom is 0.293 e. The van der Waals surface area contributed by atoms with E-state index >= 15 is 0 Å². The summed E-state index contributed by atoms with van der Waals surface area (Å²) in [6, 6.07) is 17.6. The lowest BCUT2D eigenvalue weighted by Gasteiger charge is -2.13. The highest BCUT2D eigenvalue weighted by Crippen LogP contribution is 2.36. The molecule has 2 amide bonds. The van der Waals surface area contributed by atoms with Gasteiger partial charge in [-0.2, -0.15) is 0 Å². The molecule has 0 N–H and O–H groups in total. The van der Waals surface area contributed by atoms with E-state index in [0.717, 1.165) is 46.7 Å². The van der Waals surface area contributed by atoms with Gasteiger partial charge in [-0.15, -0.1) is 0 Å². The number of ether oxygens (including phenoxy) is 1. The van der Waals surface area contributed by atoms with Crippen molar-refractivity contribution in [3.63, 3.8) is 0 Å². The van der Waals surface area contributed by atoms with E-state index in [2.05, 4.69) is 45.2 Å². The molecule has 0 atom stereocenters. The van der Waals surface area contributed by atoms with E-state index in [1.54, 1.807) is 6.08 Å². The van der Waals surface area contributed by atoms with Crippen LogP contribution in [0.15, 0.2) is 65.6 Å². The van der Waals surface area contributed by atoms with Gasteiger partial charge in [-0.3, -0.25) is 14.5 Å². The molecule has 0 aliphatic carbocycles. The van der Waals surface area contributed by atoms with Gasteiger partial charge < -0.3 is 4.74 Å². The number of hydrogen-bond acceptors (Lipinski definition) is 4. The number of rotatable bonds is 6. The minimum Gasteiger partial charge on any atom is -0.487 e. The first-order valence-corrected chi connectivity index (χ1v) is 13.0. The molecule has 0 saturated carbocycles. The zero-order valence-corrected chi connectivity index (χ0v) is 22.7. The molecule has 3 aromatic rings. The number of imide groups is 1. The molecular formula is C24H15ClFI2NO3S. The van der Waals surface area contributed by atoms with E-state index in [-0.39, 0.29) is 16.8 Å². The molecule has 0 unspecified atom stereocenters. The van der Waals surface area contributed by atoms with Crippen molar-refractivity contribution in [2.45, 2.75) is 13.2 Å². The van der Waals surface area contributed by atoms with Gasteiger partial charge in [0.15, 0.2) is 0 Å². The Kier molecular flexibility index (Phi) is 7.98. The molecule has 0 spiro atoms. The fourth-order valence-electron chi connectivity index (χ4n) is 3.14. The normalized spacial score (nSPS) is 14.9. The van der Waals surface area contributed by atoms with Crippen molar-refractivity contribution in [3.05, 3.63) is 100 Å². The van der Waals surface area contributed by atoms with Crippen LogP contribution in [0.2, 0.25) is 5.02 Å². The lowest BCUT2D eigenvalue weighted by molar-refractivity contribution is -0.123. The summed E-state index contributed by atoms with van der Waals surface area (Å²) in [6.07, 6.45) is 1.70. The minimum atomic E-state index is -0.474. The van der Waals surface area contributed by atoms with Gasteiger partial charge in [0.1, 0.15) is 18.2 Å². The van der Waals surface area contributed by atoms with Crippen LogP contribution in [0.3, 0.4) is 0 Å². The van der Waals surface area contributed by atoms with E-state index in [0.29, 0.717) is 17.1 Å². The van der Waals surface area contributed by atoms with Crippen LogP contribution in [0.25, 0.3) is 6.08 Å². The molecule has 0 bridgehead atoms. The zero-order chi connectivity index (χ0) is 23.5. The van der Waals surface area contributed by atoms with Gasteiger partial charge in [0.05, 0.1) is 18.6 Å². The van der Waals surface area contributed by atoms with Crippen molar-refractivity contribution >= 4 is 85.8 Å². The van der Waals surface area contributed by atoms with Gasteiger partial charge >= 0.3 is 0 Å². The van der Waals surface area contributed by atoms with Gasteiger partial charge in [-0.1, -0.05) is 48.0 Å². The number of carbonyl (C=O) groups excluding carboxylic acids is 2. The SMILES string of the molecule is O=C1S/C(=C\c2cc(I)c(OCc3ccccc3)c(I)c2)C(=O)N1Cc1ccc(F)cc1Cl. The van der Waals surface area contributed by atoms with Crippen molar-refractivity contribution in [1.29, 1.82) is 0 Å². The number of carbonyl (C=O) groups is 2. The monoisotopic (exact) mass is 705 g/mol. The first kappa shape index (κ1) is 24.5. The molecule has 4 rings (SSSR count). The summed E-state index contributed by atoms with van der Waals surface area (Å²) in [5, 5.41) is -0.216. The third-order valence-corrected chi connectivity index (χ3v) is 7.62. The second-order valence-electron chi connectivity index (χ2n) is 7.09. The van der Waals surface area contributed by atoms with Crippen molar-refractivity contribution in [2.24, 2.45) is 0 Å². The average molecular weight is 706 g/mol. The van der Waals surface area contributed by atoms with Crippen molar-refractivity contribution in [2.75, 3.05) is 0 Å². The summed E-state index contributed by atoms with van der Waals surface area (Å²) in [5.74, 6) is -0.103. The first-order valence-electron chi connectivity index (χ1n) is 9.67. The van der Waals surface area contributed by atoms with Gasteiger partial charge in [0.2, 0.25) is 0 Å². The lowest BCUT2D eigenvalue weighted by atomic mass is 10.2. The second kappa shape index (κ2) is 10.7. The van der Waals surface area contributed by atoms with Crippen molar-refractivity contribution in [1.82, 2.24) is 4.90 Å². The molecule has 1 aliphatic heterocycles. The van der Waals surface area contributed by atoms with E-state index in [1.165, 1.54) is 12.1 Å². The largest absolute Gasteiger partial charge is 0.487 e. The lowest BCUT2D eigenvalue weighted by Crippen LogP contribution is -2.27. The van der Waals surface area contributed by atoms with Crippen LogP contribution in [0.5, 0.6) is 5.75 Å². The Morgan fingerprint density at radius 2 is 1.73 bits per heavy atom. The smallest absolute Gasteiger partial charge is 0.293 e. The van der Waals surface area contributed by atoms with E-state index < -0.39 is 11.7 Å². The third-order valence-electron chi connectivity index (χ3n) is 4.76. The molecule has 4 nitrogen and oxygen atoms in total. The van der Waals surface area contributed by atoms with Crippen LogP contribution in [0, 0.1) is 13.0 Å². The molecule has 3 aromatic carbocycles. The highest BCUT2D eigenvalue weighted by molar-refractivity contribution is 14.1. The summed E-state index contributed by atoms with van der Waals surface area (Å²) in [6.45, 7) is 0.444. The predicted octanol–water partition coefficient (Wildman–Crippen LogP) is 7.50. The van der Waals surface area contributed by atoms with Crippen LogP contribution in [-0.4, -0.2) is 16.0 Å². The Balaban J connectivity index is 1.51. The Hall–Kier alpha value is -1.63. The summed E-state index contributed by atoms with van der Waals surface area (Å²) >= 11 is 11.3. The third kappa shape index (κ3) is 5.90. The molecule has 9 heteroatoms. The number of thioether (sulfide) groups is 1. The summed E-state index contributed by atoms with van der Waals surface area (Å²) in [4.78, 5) is 26.8. The van der Waals surface area contributed by atoms with Gasteiger partial charge in [-0.25, -0.2) is 4.39 Å². The quantitative estimate of drug-likeness (QED) is 0.197. The Labute approximate surface area is 226 Å². The Morgan fingerprint density at radius 1 is 1.03 bits per heavy atom. The average Bonchev–Trinajstić information content (AvgIpc) is 3.03. The molecule has 1 aliphatic rings. The van der Waals surface area contributed by atoms with E-state index in [9.17, 15) is 14.0 Å². The number of amides is 2. The molecule has 0 radical (unpaired) electrons. The summed E-state index contributed by atoms with van der Waals surface area (Å²) in [5.41, 5.74) is 2.37. The topological polar surface area (TPSA) is 46.6 Å². The molecule has 33 heavy (non-hydrogen) atoms. The highest BCUT2D eigenvalue weighted by atomic mass is 127. The van der Waals surface area contributed by atoms with Crippen LogP contribution >= 0.6 is 68.5 Å².